The minimum atomic E-state index is -1.22. The van der Waals surface area contributed by atoms with Gasteiger partial charge in [-0.05, 0) is 65.5 Å². The Morgan fingerprint density at radius 2 is 1.71 bits per heavy atom. The predicted octanol–water partition coefficient (Wildman–Crippen LogP) is 3.68. The van der Waals surface area contributed by atoms with Crippen LogP contribution in [0.15, 0.2) is 72.8 Å². The number of aromatic nitrogens is 1. The minimum Gasteiger partial charge on any atom is -0.508 e. The Hall–Kier alpha value is -4.77. The van der Waals surface area contributed by atoms with Gasteiger partial charge in [-0.25, -0.2) is 4.39 Å². The van der Waals surface area contributed by atoms with Gasteiger partial charge in [0.25, 0.3) is 11.8 Å². The number of rotatable bonds is 8. The highest BCUT2D eigenvalue weighted by atomic mass is 32.1. The van der Waals surface area contributed by atoms with Crippen LogP contribution in [0.2, 0.25) is 0 Å². The van der Waals surface area contributed by atoms with Crippen LogP contribution in [-0.4, -0.2) is 27.2 Å². The SMILES string of the molecule is Cc1ccccc1N(C(=O)c1snc(C(N)=O)c1N)C(C(=O)NCc1ccc(F)cc1)c1ccc(O)cc1. The number of aromatic hydroxyl groups is 1. The van der Waals surface area contributed by atoms with E-state index >= 15 is 0 Å². The number of phenolic OH excluding ortho intramolecular Hbond substituents is 1. The first kappa shape index (κ1) is 26.3. The van der Waals surface area contributed by atoms with E-state index in [1.54, 1.807) is 43.3 Å². The summed E-state index contributed by atoms with van der Waals surface area (Å²) in [7, 11) is 0. The van der Waals surface area contributed by atoms with Crippen molar-refractivity contribution in [2.75, 3.05) is 10.6 Å². The number of aryl methyl sites for hydroxylation is 1. The summed E-state index contributed by atoms with van der Waals surface area (Å²) in [5.74, 6) is -2.53. The second-order valence-corrected chi connectivity index (χ2v) is 9.21. The topological polar surface area (TPSA) is 152 Å². The van der Waals surface area contributed by atoms with Crippen molar-refractivity contribution in [3.63, 3.8) is 0 Å². The van der Waals surface area contributed by atoms with E-state index < -0.39 is 29.6 Å². The molecule has 1 aromatic heterocycles. The number of nitrogens with two attached hydrogens (primary N) is 2. The van der Waals surface area contributed by atoms with Gasteiger partial charge in [-0.15, -0.1) is 0 Å². The molecular weight excluding hydrogens is 509 g/mol. The number of hydrogen-bond acceptors (Lipinski definition) is 7. The lowest BCUT2D eigenvalue weighted by molar-refractivity contribution is -0.122. The molecule has 1 heterocycles. The average Bonchev–Trinajstić information content (AvgIpc) is 3.29. The molecule has 1 atom stereocenters. The number of nitrogens with zero attached hydrogens (tertiary/aromatic N) is 2. The molecule has 0 spiro atoms. The van der Waals surface area contributed by atoms with Crippen molar-refractivity contribution in [2.24, 2.45) is 5.73 Å². The molecule has 194 valence electrons. The number of halogens is 1. The van der Waals surface area contributed by atoms with E-state index in [-0.39, 0.29) is 28.6 Å². The molecule has 4 rings (SSSR count). The summed E-state index contributed by atoms with van der Waals surface area (Å²) in [4.78, 5) is 40.8. The second-order valence-electron chi connectivity index (χ2n) is 8.44. The molecule has 0 saturated heterocycles. The second kappa shape index (κ2) is 11.1. The quantitative estimate of drug-likeness (QED) is 0.271. The van der Waals surface area contributed by atoms with Gasteiger partial charge in [-0.1, -0.05) is 42.5 Å². The molecule has 4 aromatic rings. The Kier molecular flexibility index (Phi) is 7.68. The molecule has 1 unspecified atom stereocenters. The number of primary amides is 1. The van der Waals surface area contributed by atoms with Gasteiger partial charge in [-0.3, -0.25) is 19.3 Å². The molecule has 0 fully saturated rings. The van der Waals surface area contributed by atoms with Crippen molar-refractivity contribution in [2.45, 2.75) is 19.5 Å². The highest BCUT2D eigenvalue weighted by Gasteiger charge is 2.36. The number of nitrogen functional groups attached to an aromatic ring is 1. The van der Waals surface area contributed by atoms with Gasteiger partial charge in [0.1, 0.15) is 22.5 Å². The van der Waals surface area contributed by atoms with Crippen LogP contribution in [0, 0.1) is 12.7 Å². The number of hydrogen-bond donors (Lipinski definition) is 4. The standard InChI is InChI=1S/C27H24FN5O4S/c1-15-4-2-3-5-20(15)33(27(37)24-21(29)22(25(30)35)32-38-24)23(17-8-12-19(34)13-9-17)26(36)31-14-16-6-10-18(28)11-7-16/h2-13,23,34H,14,29H2,1H3,(H2,30,35)(H,31,36). The van der Waals surface area contributed by atoms with Crippen molar-refractivity contribution in [1.29, 1.82) is 0 Å². The van der Waals surface area contributed by atoms with E-state index in [9.17, 15) is 23.9 Å². The first-order chi connectivity index (χ1) is 18.2. The molecule has 3 amide bonds. The van der Waals surface area contributed by atoms with Gasteiger partial charge in [0.2, 0.25) is 5.91 Å². The van der Waals surface area contributed by atoms with Crippen LogP contribution in [0.3, 0.4) is 0 Å². The Bertz CT molecular complexity index is 1490. The van der Waals surface area contributed by atoms with Gasteiger partial charge in [0, 0.05) is 12.2 Å². The van der Waals surface area contributed by atoms with E-state index in [4.69, 9.17) is 11.5 Å². The molecule has 0 aliphatic heterocycles. The Balaban J connectivity index is 1.82. The van der Waals surface area contributed by atoms with E-state index in [1.807, 2.05) is 0 Å². The molecule has 0 bridgehead atoms. The normalized spacial score (nSPS) is 11.5. The molecule has 0 aliphatic carbocycles. The van der Waals surface area contributed by atoms with Gasteiger partial charge >= 0.3 is 0 Å². The first-order valence-corrected chi connectivity index (χ1v) is 12.2. The largest absolute Gasteiger partial charge is 0.508 e. The van der Waals surface area contributed by atoms with Crippen LogP contribution < -0.4 is 21.7 Å². The highest BCUT2D eigenvalue weighted by Crippen LogP contribution is 2.35. The van der Waals surface area contributed by atoms with Gasteiger partial charge < -0.3 is 21.9 Å². The van der Waals surface area contributed by atoms with Crippen molar-refractivity contribution < 1.29 is 23.9 Å². The molecule has 9 nitrogen and oxygen atoms in total. The predicted molar refractivity (Wildman–Crippen MR) is 142 cm³/mol. The zero-order chi connectivity index (χ0) is 27.4. The van der Waals surface area contributed by atoms with Crippen LogP contribution in [0.4, 0.5) is 15.8 Å². The lowest BCUT2D eigenvalue weighted by Crippen LogP contribution is -2.44. The Labute approximate surface area is 221 Å². The maximum Gasteiger partial charge on any atom is 0.273 e. The number of carbonyl (C=O) groups excluding carboxylic acids is 3. The number of carbonyl (C=O) groups is 3. The van der Waals surface area contributed by atoms with Gasteiger partial charge in [0.15, 0.2) is 5.69 Å². The zero-order valence-corrected chi connectivity index (χ0v) is 21.0. The van der Waals surface area contributed by atoms with Gasteiger partial charge in [0.05, 0.1) is 5.69 Å². The van der Waals surface area contributed by atoms with Crippen LogP contribution in [0.25, 0.3) is 0 Å². The number of phenols is 1. The van der Waals surface area contributed by atoms with Crippen LogP contribution in [0.5, 0.6) is 5.75 Å². The lowest BCUT2D eigenvalue weighted by atomic mass is 10.0. The highest BCUT2D eigenvalue weighted by molar-refractivity contribution is 7.09. The summed E-state index contributed by atoms with van der Waals surface area (Å²) < 4.78 is 17.3. The summed E-state index contributed by atoms with van der Waals surface area (Å²) in [6, 6.07) is 17.3. The van der Waals surface area contributed by atoms with Crippen molar-refractivity contribution >= 4 is 40.6 Å². The van der Waals surface area contributed by atoms with Crippen molar-refractivity contribution in [3.8, 4) is 5.75 Å². The summed E-state index contributed by atoms with van der Waals surface area (Å²) in [5, 5.41) is 12.7. The minimum absolute atomic E-state index is 0.0224. The van der Waals surface area contributed by atoms with Crippen LogP contribution >= 0.6 is 11.5 Å². The maximum absolute atomic E-state index is 14.0. The fraction of sp³-hybridized carbons (Fsp3) is 0.111. The third kappa shape index (κ3) is 5.47. The van der Waals surface area contributed by atoms with Crippen LogP contribution in [-0.2, 0) is 11.3 Å². The Morgan fingerprint density at radius 3 is 2.32 bits per heavy atom. The average molecular weight is 534 g/mol. The fourth-order valence-electron chi connectivity index (χ4n) is 3.90. The third-order valence-corrected chi connectivity index (χ3v) is 6.70. The van der Waals surface area contributed by atoms with E-state index in [0.717, 1.165) is 0 Å². The molecule has 0 saturated carbocycles. The maximum atomic E-state index is 14.0. The smallest absolute Gasteiger partial charge is 0.273 e. The summed E-state index contributed by atoms with van der Waals surface area (Å²) >= 11 is 0.706. The van der Waals surface area contributed by atoms with Crippen molar-refractivity contribution in [1.82, 2.24) is 9.69 Å². The monoisotopic (exact) mass is 533 g/mol. The first-order valence-electron chi connectivity index (χ1n) is 11.4. The molecule has 0 aliphatic rings. The molecule has 11 heteroatoms. The van der Waals surface area contributed by atoms with E-state index in [2.05, 4.69) is 9.69 Å². The number of para-hydroxylation sites is 1. The Morgan fingerprint density at radius 1 is 1.05 bits per heavy atom. The number of nitrogens with one attached hydrogen (secondary N) is 1. The molecular formula is C27H24FN5O4S. The number of anilines is 2. The summed E-state index contributed by atoms with van der Waals surface area (Å²) in [6.45, 7) is 1.85. The number of amides is 3. The molecule has 38 heavy (non-hydrogen) atoms. The zero-order valence-electron chi connectivity index (χ0n) is 20.2. The molecule has 0 radical (unpaired) electrons. The number of benzene rings is 3. The lowest BCUT2D eigenvalue weighted by Gasteiger charge is -2.32. The fourth-order valence-corrected chi connectivity index (χ4v) is 4.64. The van der Waals surface area contributed by atoms with E-state index in [1.165, 1.54) is 41.3 Å². The van der Waals surface area contributed by atoms with E-state index in [0.29, 0.717) is 33.9 Å². The van der Waals surface area contributed by atoms with Crippen LogP contribution in [0.1, 0.15) is 42.9 Å². The molecule has 3 aromatic carbocycles. The van der Waals surface area contributed by atoms with Crippen molar-refractivity contribution in [3.05, 3.63) is 106 Å². The molecule has 6 N–H and O–H groups in total. The third-order valence-electron chi connectivity index (χ3n) is 5.84. The summed E-state index contributed by atoms with van der Waals surface area (Å²) in [5.41, 5.74) is 13.2. The summed E-state index contributed by atoms with van der Waals surface area (Å²) in [6.07, 6.45) is 0. The van der Waals surface area contributed by atoms with Gasteiger partial charge in [-0.2, -0.15) is 4.37 Å².